The molecule has 1 saturated heterocycles. The number of hydrogen-bond donors (Lipinski definition) is 1. The smallest absolute Gasteiger partial charge is 0.303 e. The van der Waals surface area contributed by atoms with Crippen LogP contribution in [0.4, 0.5) is 0 Å². The zero-order chi connectivity index (χ0) is 11.0. The maximum atomic E-state index is 10.4. The van der Waals surface area contributed by atoms with E-state index in [1.807, 2.05) is 13.8 Å². The van der Waals surface area contributed by atoms with E-state index in [4.69, 9.17) is 5.11 Å². The van der Waals surface area contributed by atoms with Gasteiger partial charge in [0, 0.05) is 6.42 Å². The van der Waals surface area contributed by atoms with Crippen molar-refractivity contribution < 1.29 is 9.90 Å². The summed E-state index contributed by atoms with van der Waals surface area (Å²) in [6, 6.07) is 0. The van der Waals surface area contributed by atoms with Crippen LogP contribution in [0.15, 0.2) is 0 Å². The molecule has 1 N–H and O–H groups in total. The number of piperidine rings is 1. The molecule has 0 bridgehead atoms. The molecule has 1 rings (SSSR count). The minimum Gasteiger partial charge on any atom is -0.481 e. The van der Waals surface area contributed by atoms with Crippen molar-refractivity contribution in [2.75, 3.05) is 19.6 Å². The van der Waals surface area contributed by atoms with Crippen molar-refractivity contribution in [2.24, 2.45) is 5.92 Å². The van der Waals surface area contributed by atoms with Crippen LogP contribution in [0.1, 0.15) is 40.0 Å². The van der Waals surface area contributed by atoms with Crippen LogP contribution in [-0.4, -0.2) is 35.6 Å². The monoisotopic (exact) mass is 201 g/mol. The van der Waals surface area contributed by atoms with E-state index < -0.39 is 5.97 Å². The predicted molar refractivity (Wildman–Crippen MR) is 58.4 cm³/mol. The van der Waals surface area contributed by atoms with Crippen LogP contribution in [-0.2, 0) is 4.79 Å². The van der Waals surface area contributed by atoms with Crippen LogP contribution in [0.3, 0.4) is 0 Å². The van der Waals surface area contributed by atoms with Gasteiger partial charge in [-0.1, -0.05) is 20.8 Å². The van der Waals surface area contributed by atoms with E-state index in [9.17, 15) is 4.79 Å². The highest BCUT2D eigenvalue weighted by Gasteiger charge is 2.19. The van der Waals surface area contributed by atoms with E-state index in [0.29, 0.717) is 12.3 Å². The van der Waals surface area contributed by atoms with Gasteiger partial charge in [-0.15, -0.1) is 0 Å². The average Bonchev–Trinajstić information content (AvgIpc) is 2.21. The minimum atomic E-state index is -0.648. The molecule has 3 heteroatoms. The number of aliphatic carboxylic acids is 1. The number of hydrogen-bond acceptors (Lipinski definition) is 2. The summed E-state index contributed by atoms with van der Waals surface area (Å²) >= 11 is 0. The van der Waals surface area contributed by atoms with Gasteiger partial charge < -0.3 is 10.0 Å². The van der Waals surface area contributed by atoms with E-state index in [2.05, 4.69) is 11.8 Å². The third-order valence-electron chi connectivity index (χ3n) is 2.62. The molecule has 1 aliphatic heterocycles. The molecule has 0 spiro atoms. The number of rotatable bonds is 3. The molecule has 0 aromatic carbocycles. The van der Waals surface area contributed by atoms with Crippen molar-refractivity contribution >= 4 is 5.97 Å². The standard InChI is InChI=1S/C9H17NO2.C2H6/c1-2-10-5-3-8(4-6-10)7-9(11)12;1-2/h8H,2-7H2,1H3,(H,11,12);1-2H3. The van der Waals surface area contributed by atoms with E-state index >= 15 is 0 Å². The van der Waals surface area contributed by atoms with Gasteiger partial charge in [0.25, 0.3) is 0 Å². The van der Waals surface area contributed by atoms with Gasteiger partial charge in [0.1, 0.15) is 0 Å². The number of likely N-dealkylation sites (tertiary alicyclic amines) is 1. The highest BCUT2D eigenvalue weighted by Crippen LogP contribution is 2.19. The molecule has 0 aromatic rings. The molecule has 84 valence electrons. The SMILES string of the molecule is CC.CCN1CCC(CC(=O)O)CC1. The van der Waals surface area contributed by atoms with Gasteiger partial charge in [0.15, 0.2) is 0 Å². The van der Waals surface area contributed by atoms with Crippen molar-refractivity contribution in [1.29, 1.82) is 0 Å². The lowest BCUT2D eigenvalue weighted by Gasteiger charge is -2.30. The Labute approximate surface area is 87.1 Å². The Balaban J connectivity index is 0.000000791. The molecule has 0 aliphatic carbocycles. The summed E-state index contributed by atoms with van der Waals surface area (Å²) in [5, 5.41) is 8.58. The predicted octanol–water partition coefficient (Wildman–Crippen LogP) is 2.22. The Kier molecular flexibility index (Phi) is 7.48. The van der Waals surface area contributed by atoms with Gasteiger partial charge in [-0.05, 0) is 38.4 Å². The number of carbonyl (C=O) groups is 1. The first kappa shape index (κ1) is 13.4. The molecule has 0 amide bonds. The Bertz CT molecular complexity index is 151. The van der Waals surface area contributed by atoms with Gasteiger partial charge >= 0.3 is 5.97 Å². The molecule has 0 aromatic heterocycles. The molecule has 0 unspecified atom stereocenters. The van der Waals surface area contributed by atoms with E-state index in [0.717, 1.165) is 32.5 Å². The van der Waals surface area contributed by atoms with Gasteiger partial charge in [-0.2, -0.15) is 0 Å². The van der Waals surface area contributed by atoms with Gasteiger partial charge in [-0.3, -0.25) is 4.79 Å². The van der Waals surface area contributed by atoms with Crippen LogP contribution in [0, 0.1) is 5.92 Å². The topological polar surface area (TPSA) is 40.5 Å². The molecular weight excluding hydrogens is 178 g/mol. The number of nitrogens with zero attached hydrogens (tertiary/aromatic N) is 1. The van der Waals surface area contributed by atoms with Crippen LogP contribution in [0.5, 0.6) is 0 Å². The quantitative estimate of drug-likeness (QED) is 0.761. The highest BCUT2D eigenvalue weighted by molar-refractivity contribution is 5.67. The van der Waals surface area contributed by atoms with Crippen molar-refractivity contribution in [2.45, 2.75) is 40.0 Å². The fourth-order valence-electron chi connectivity index (χ4n) is 1.75. The molecule has 0 radical (unpaired) electrons. The third kappa shape index (κ3) is 5.22. The van der Waals surface area contributed by atoms with Crippen molar-refractivity contribution in [3.8, 4) is 0 Å². The fourth-order valence-corrected chi connectivity index (χ4v) is 1.75. The zero-order valence-corrected chi connectivity index (χ0v) is 9.62. The Morgan fingerprint density at radius 3 is 2.21 bits per heavy atom. The summed E-state index contributed by atoms with van der Waals surface area (Å²) in [4.78, 5) is 12.8. The summed E-state index contributed by atoms with van der Waals surface area (Å²) in [6.07, 6.45) is 2.47. The van der Waals surface area contributed by atoms with Crippen LogP contribution < -0.4 is 0 Å². The second-order valence-electron chi connectivity index (χ2n) is 3.48. The zero-order valence-electron chi connectivity index (χ0n) is 9.62. The van der Waals surface area contributed by atoms with Gasteiger partial charge in [0.2, 0.25) is 0 Å². The molecule has 0 saturated carbocycles. The van der Waals surface area contributed by atoms with E-state index in [-0.39, 0.29) is 0 Å². The van der Waals surface area contributed by atoms with Gasteiger partial charge in [-0.25, -0.2) is 0 Å². The largest absolute Gasteiger partial charge is 0.481 e. The van der Waals surface area contributed by atoms with Crippen molar-refractivity contribution in [3.63, 3.8) is 0 Å². The number of carboxylic acids is 1. The van der Waals surface area contributed by atoms with Crippen LogP contribution >= 0.6 is 0 Å². The fraction of sp³-hybridized carbons (Fsp3) is 0.909. The second kappa shape index (κ2) is 7.80. The average molecular weight is 201 g/mol. The molecule has 14 heavy (non-hydrogen) atoms. The first-order valence-electron chi connectivity index (χ1n) is 5.66. The third-order valence-corrected chi connectivity index (χ3v) is 2.62. The minimum absolute atomic E-state index is 0.359. The van der Waals surface area contributed by atoms with Crippen molar-refractivity contribution in [3.05, 3.63) is 0 Å². The first-order valence-corrected chi connectivity index (χ1v) is 5.66. The van der Waals surface area contributed by atoms with E-state index in [1.54, 1.807) is 0 Å². The Hall–Kier alpha value is -0.570. The Morgan fingerprint density at radius 1 is 1.36 bits per heavy atom. The second-order valence-corrected chi connectivity index (χ2v) is 3.48. The van der Waals surface area contributed by atoms with Crippen molar-refractivity contribution in [1.82, 2.24) is 4.90 Å². The van der Waals surface area contributed by atoms with Crippen LogP contribution in [0.2, 0.25) is 0 Å². The number of carboxylic acid groups (broad SMARTS) is 1. The molecule has 1 fully saturated rings. The summed E-state index contributed by atoms with van der Waals surface area (Å²) in [5.41, 5.74) is 0. The van der Waals surface area contributed by atoms with Crippen LogP contribution in [0.25, 0.3) is 0 Å². The Morgan fingerprint density at radius 2 is 1.86 bits per heavy atom. The lowest BCUT2D eigenvalue weighted by molar-refractivity contribution is -0.138. The van der Waals surface area contributed by atoms with E-state index in [1.165, 1.54) is 0 Å². The molecule has 1 aliphatic rings. The molecule has 1 heterocycles. The molecular formula is C11H23NO2. The summed E-state index contributed by atoms with van der Waals surface area (Å²) < 4.78 is 0. The summed E-state index contributed by atoms with van der Waals surface area (Å²) in [5.74, 6) is -0.227. The lowest BCUT2D eigenvalue weighted by Crippen LogP contribution is -2.34. The summed E-state index contributed by atoms with van der Waals surface area (Å²) in [7, 11) is 0. The maximum absolute atomic E-state index is 10.4. The lowest BCUT2D eigenvalue weighted by atomic mass is 9.94. The maximum Gasteiger partial charge on any atom is 0.303 e. The molecule has 0 atom stereocenters. The summed E-state index contributed by atoms with van der Waals surface area (Å²) in [6.45, 7) is 9.40. The highest BCUT2D eigenvalue weighted by atomic mass is 16.4. The normalized spacial score (nSPS) is 18.5. The molecule has 3 nitrogen and oxygen atoms in total. The first-order chi connectivity index (χ1) is 6.72. The van der Waals surface area contributed by atoms with Gasteiger partial charge in [0.05, 0.1) is 0 Å².